The molecule has 0 heterocycles. The van der Waals surface area contributed by atoms with Crippen LogP contribution in [0.1, 0.15) is 40.4 Å². The van der Waals surface area contributed by atoms with E-state index in [9.17, 15) is 26.7 Å². The lowest BCUT2D eigenvalue weighted by atomic mass is 9.98. The highest BCUT2D eigenvalue weighted by Gasteiger charge is 2.35. The molecule has 0 aliphatic heterocycles. The molecule has 108 valence electrons. The molecule has 1 aromatic carbocycles. The Hall–Kier alpha value is -2.17. The summed E-state index contributed by atoms with van der Waals surface area (Å²) in [5.41, 5.74) is -4.22. The van der Waals surface area contributed by atoms with E-state index in [0.29, 0.717) is 6.07 Å². The Balaban J connectivity index is 3.58. The fourth-order valence-corrected chi connectivity index (χ4v) is 1.52. The van der Waals surface area contributed by atoms with Gasteiger partial charge in [0.15, 0.2) is 0 Å². The van der Waals surface area contributed by atoms with E-state index in [-0.39, 0.29) is 12.7 Å². The Morgan fingerprint density at radius 3 is 2.40 bits per heavy atom. The van der Waals surface area contributed by atoms with E-state index < -0.39 is 40.8 Å². The first-order valence-electron chi connectivity index (χ1n) is 5.32. The second kappa shape index (κ2) is 5.86. The molecule has 3 nitrogen and oxygen atoms in total. The van der Waals surface area contributed by atoms with Gasteiger partial charge in [0.25, 0.3) is 6.43 Å². The molecule has 0 atom stereocenters. The van der Waals surface area contributed by atoms with E-state index in [1.54, 1.807) is 0 Å². The third kappa shape index (κ3) is 3.23. The molecule has 0 aromatic heterocycles. The monoisotopic (exact) mass is 293 g/mol. The number of nitriles is 1. The Kier molecular flexibility index (Phi) is 4.65. The molecule has 0 N–H and O–H groups in total. The van der Waals surface area contributed by atoms with Gasteiger partial charge in [-0.1, -0.05) is 0 Å². The van der Waals surface area contributed by atoms with Crippen molar-refractivity contribution in [1.82, 2.24) is 0 Å². The quantitative estimate of drug-likeness (QED) is 0.631. The number of rotatable bonds is 3. The lowest BCUT2D eigenvalue weighted by Gasteiger charge is -2.14. The molecule has 0 radical (unpaired) electrons. The highest BCUT2D eigenvalue weighted by atomic mass is 19.4. The average Bonchev–Trinajstić information content (AvgIpc) is 2.36. The standard InChI is InChI=1S/C12H8F5NO2/c1-2-20-11(19)9-6(5-18)3-7(12(15,16)17)4-8(9)10(13)14/h3-4,10H,2H2,1H3. The largest absolute Gasteiger partial charge is 0.462 e. The van der Waals surface area contributed by atoms with E-state index in [1.807, 2.05) is 0 Å². The second-order valence-electron chi connectivity index (χ2n) is 3.62. The van der Waals surface area contributed by atoms with E-state index >= 15 is 0 Å². The van der Waals surface area contributed by atoms with E-state index in [4.69, 9.17) is 5.26 Å². The smallest absolute Gasteiger partial charge is 0.416 e. The average molecular weight is 293 g/mol. The number of esters is 1. The van der Waals surface area contributed by atoms with Crippen LogP contribution in [0.4, 0.5) is 22.0 Å². The van der Waals surface area contributed by atoms with Gasteiger partial charge < -0.3 is 4.74 Å². The van der Waals surface area contributed by atoms with Crippen LogP contribution in [-0.4, -0.2) is 12.6 Å². The molecule has 0 aliphatic carbocycles. The number of benzene rings is 1. The summed E-state index contributed by atoms with van der Waals surface area (Å²) >= 11 is 0. The molecule has 0 amide bonds. The highest BCUT2D eigenvalue weighted by molar-refractivity contribution is 5.94. The van der Waals surface area contributed by atoms with Crippen LogP contribution in [0.25, 0.3) is 0 Å². The molecule has 0 fully saturated rings. The number of halogens is 5. The van der Waals surface area contributed by atoms with Crippen molar-refractivity contribution in [3.8, 4) is 6.07 Å². The first kappa shape index (κ1) is 15.9. The molecule has 0 aliphatic rings. The first-order valence-corrected chi connectivity index (χ1v) is 5.32. The summed E-state index contributed by atoms with van der Waals surface area (Å²) in [7, 11) is 0. The fraction of sp³-hybridized carbons (Fsp3) is 0.333. The summed E-state index contributed by atoms with van der Waals surface area (Å²) in [6.07, 6.45) is -8.24. The van der Waals surface area contributed by atoms with Crippen LogP contribution in [0.3, 0.4) is 0 Å². The number of ether oxygens (including phenoxy) is 1. The van der Waals surface area contributed by atoms with Crippen molar-refractivity contribution in [2.75, 3.05) is 6.61 Å². The maximum atomic E-state index is 12.8. The molecular weight excluding hydrogens is 285 g/mol. The van der Waals surface area contributed by atoms with Crippen LogP contribution >= 0.6 is 0 Å². The number of nitrogens with zero attached hydrogens (tertiary/aromatic N) is 1. The Morgan fingerprint density at radius 1 is 1.40 bits per heavy atom. The number of alkyl halides is 5. The lowest BCUT2D eigenvalue weighted by molar-refractivity contribution is -0.137. The van der Waals surface area contributed by atoms with E-state index in [0.717, 1.165) is 0 Å². The molecular formula is C12H8F5NO2. The normalized spacial score (nSPS) is 11.3. The van der Waals surface area contributed by atoms with Crippen molar-refractivity contribution < 1.29 is 31.5 Å². The van der Waals surface area contributed by atoms with Crippen LogP contribution in [0.5, 0.6) is 0 Å². The SMILES string of the molecule is CCOC(=O)c1c(C#N)cc(C(F)(F)F)cc1C(F)F. The molecule has 20 heavy (non-hydrogen) atoms. The second-order valence-corrected chi connectivity index (χ2v) is 3.62. The Bertz CT molecular complexity index is 560. The molecule has 1 aromatic rings. The summed E-state index contributed by atoms with van der Waals surface area (Å²) in [5.74, 6) is -1.26. The minimum Gasteiger partial charge on any atom is -0.462 e. The van der Waals surface area contributed by atoms with Crippen molar-refractivity contribution in [2.45, 2.75) is 19.5 Å². The maximum Gasteiger partial charge on any atom is 0.416 e. The van der Waals surface area contributed by atoms with Gasteiger partial charge in [0.1, 0.15) is 6.07 Å². The lowest BCUT2D eigenvalue weighted by Crippen LogP contribution is -2.14. The van der Waals surface area contributed by atoms with Gasteiger partial charge in [-0.2, -0.15) is 18.4 Å². The van der Waals surface area contributed by atoms with Gasteiger partial charge in [0.05, 0.1) is 23.3 Å². The van der Waals surface area contributed by atoms with Gasteiger partial charge in [0, 0.05) is 5.56 Å². The van der Waals surface area contributed by atoms with Crippen molar-refractivity contribution in [3.63, 3.8) is 0 Å². The third-order valence-corrected chi connectivity index (χ3v) is 2.33. The minimum atomic E-state index is -4.90. The molecule has 0 saturated carbocycles. The fourth-order valence-electron chi connectivity index (χ4n) is 1.52. The van der Waals surface area contributed by atoms with Gasteiger partial charge in [-0.3, -0.25) is 0 Å². The summed E-state index contributed by atoms with van der Waals surface area (Å²) in [6, 6.07) is 1.80. The number of carbonyl (C=O) groups is 1. The minimum absolute atomic E-state index is 0.151. The maximum absolute atomic E-state index is 12.8. The molecule has 8 heteroatoms. The molecule has 0 bridgehead atoms. The van der Waals surface area contributed by atoms with Gasteiger partial charge >= 0.3 is 12.1 Å². The van der Waals surface area contributed by atoms with Crippen molar-refractivity contribution in [1.29, 1.82) is 5.26 Å². The summed E-state index contributed by atoms with van der Waals surface area (Å²) in [6.45, 7) is 1.24. The molecule has 1 rings (SSSR count). The van der Waals surface area contributed by atoms with Crippen LogP contribution in [0, 0.1) is 11.3 Å². The van der Waals surface area contributed by atoms with Crippen LogP contribution in [0.2, 0.25) is 0 Å². The first-order chi connectivity index (χ1) is 9.22. The summed E-state index contributed by atoms with van der Waals surface area (Å²) < 4.78 is 67.8. The van der Waals surface area contributed by atoms with Crippen molar-refractivity contribution in [3.05, 3.63) is 34.4 Å². The Labute approximate surface area is 110 Å². The molecule has 0 spiro atoms. The van der Waals surface area contributed by atoms with Crippen LogP contribution in [-0.2, 0) is 10.9 Å². The predicted octanol–water partition coefficient (Wildman–Crippen LogP) is 3.69. The van der Waals surface area contributed by atoms with Crippen LogP contribution in [0.15, 0.2) is 12.1 Å². The highest BCUT2D eigenvalue weighted by Crippen LogP contribution is 2.35. The molecule has 0 unspecified atom stereocenters. The van der Waals surface area contributed by atoms with E-state index in [2.05, 4.69) is 4.74 Å². The van der Waals surface area contributed by atoms with Crippen LogP contribution < -0.4 is 0 Å². The van der Waals surface area contributed by atoms with Gasteiger partial charge in [-0.15, -0.1) is 0 Å². The zero-order valence-corrected chi connectivity index (χ0v) is 10.1. The summed E-state index contributed by atoms with van der Waals surface area (Å²) in [4.78, 5) is 11.5. The Morgan fingerprint density at radius 2 is 2.00 bits per heavy atom. The molecule has 0 saturated heterocycles. The van der Waals surface area contributed by atoms with Crippen molar-refractivity contribution in [2.24, 2.45) is 0 Å². The number of hydrogen-bond acceptors (Lipinski definition) is 3. The zero-order valence-electron chi connectivity index (χ0n) is 10.1. The summed E-state index contributed by atoms with van der Waals surface area (Å²) in [5, 5.41) is 8.76. The zero-order chi connectivity index (χ0) is 15.5. The van der Waals surface area contributed by atoms with Gasteiger partial charge in [-0.25, -0.2) is 13.6 Å². The van der Waals surface area contributed by atoms with Gasteiger partial charge in [-0.05, 0) is 19.1 Å². The van der Waals surface area contributed by atoms with E-state index in [1.165, 1.54) is 13.0 Å². The van der Waals surface area contributed by atoms with Gasteiger partial charge in [0.2, 0.25) is 0 Å². The number of carbonyl (C=O) groups excluding carboxylic acids is 1. The topological polar surface area (TPSA) is 50.1 Å². The predicted molar refractivity (Wildman–Crippen MR) is 57.1 cm³/mol. The third-order valence-electron chi connectivity index (χ3n) is 2.33. The number of hydrogen-bond donors (Lipinski definition) is 0. The van der Waals surface area contributed by atoms with Crippen molar-refractivity contribution >= 4 is 5.97 Å².